The Labute approximate surface area is 136 Å². The zero-order chi connectivity index (χ0) is 14.1. The number of halogens is 2. The first-order valence-corrected chi connectivity index (χ1v) is 7.53. The maximum Gasteiger partial charge on any atom is 0.363 e. The van der Waals surface area contributed by atoms with Crippen LogP contribution in [0.3, 0.4) is 0 Å². The summed E-state index contributed by atoms with van der Waals surface area (Å²) in [4.78, 5) is 16.0. The summed E-state index contributed by atoms with van der Waals surface area (Å²) in [5.74, 6) is 0.371. The highest BCUT2D eigenvalue weighted by molar-refractivity contribution is 14.1. The van der Waals surface area contributed by atoms with E-state index in [4.69, 9.17) is 9.15 Å². The molecule has 6 heteroatoms. The summed E-state index contributed by atoms with van der Waals surface area (Å²) in [7, 11) is 0. The van der Waals surface area contributed by atoms with Crippen LogP contribution in [0.15, 0.2) is 56.0 Å². The van der Waals surface area contributed by atoms with Gasteiger partial charge in [-0.25, -0.2) is 9.79 Å². The predicted octanol–water partition coefficient (Wildman–Crippen LogP) is 3.99. The lowest BCUT2D eigenvalue weighted by molar-refractivity contribution is -0.129. The summed E-state index contributed by atoms with van der Waals surface area (Å²) in [6.07, 6.45) is 1.56. The molecule has 0 radical (unpaired) electrons. The van der Waals surface area contributed by atoms with Crippen LogP contribution in [-0.4, -0.2) is 11.9 Å². The fraction of sp³-hybridized carbons (Fsp3) is 0. The molecular formula is C14H7BrINO3. The van der Waals surface area contributed by atoms with Gasteiger partial charge in [0.25, 0.3) is 0 Å². The highest BCUT2D eigenvalue weighted by atomic mass is 127. The van der Waals surface area contributed by atoms with Gasteiger partial charge in [0.05, 0.1) is 5.56 Å². The lowest BCUT2D eigenvalue weighted by atomic mass is 10.2. The summed E-state index contributed by atoms with van der Waals surface area (Å²) in [6.45, 7) is 0. The van der Waals surface area contributed by atoms with E-state index >= 15 is 0 Å². The molecule has 2 aromatic rings. The molecule has 100 valence electrons. The monoisotopic (exact) mass is 443 g/mol. The lowest BCUT2D eigenvalue weighted by Gasteiger charge is -2.01. The highest BCUT2D eigenvalue weighted by Gasteiger charge is 2.25. The average molecular weight is 444 g/mol. The third kappa shape index (κ3) is 2.71. The topological polar surface area (TPSA) is 51.8 Å². The Kier molecular flexibility index (Phi) is 3.75. The second-order valence-corrected chi connectivity index (χ2v) is 5.88. The first-order valence-electron chi connectivity index (χ1n) is 5.66. The van der Waals surface area contributed by atoms with Gasteiger partial charge >= 0.3 is 5.97 Å². The minimum atomic E-state index is -0.484. The van der Waals surface area contributed by atoms with E-state index in [2.05, 4.69) is 43.5 Å². The number of aliphatic imine (C=N–C) groups is 1. The molecule has 0 aliphatic carbocycles. The fourth-order valence-corrected chi connectivity index (χ4v) is 2.59. The van der Waals surface area contributed by atoms with E-state index in [9.17, 15) is 4.79 Å². The zero-order valence-electron chi connectivity index (χ0n) is 9.97. The molecule has 1 aliphatic rings. The predicted molar refractivity (Wildman–Crippen MR) is 86.2 cm³/mol. The van der Waals surface area contributed by atoms with Crippen LogP contribution in [0.1, 0.15) is 11.3 Å². The normalized spacial score (nSPS) is 16.4. The molecule has 1 aromatic heterocycles. The average Bonchev–Trinajstić information content (AvgIpc) is 2.98. The van der Waals surface area contributed by atoms with E-state index in [0.717, 1.165) is 13.8 Å². The van der Waals surface area contributed by atoms with E-state index in [1.807, 2.05) is 30.3 Å². The SMILES string of the molecule is O=C1OC(c2ccccc2Br)=N/C1=C\c1ccc(I)o1. The van der Waals surface area contributed by atoms with Crippen molar-refractivity contribution < 1.29 is 13.9 Å². The van der Waals surface area contributed by atoms with Crippen molar-refractivity contribution in [3.8, 4) is 0 Å². The number of ether oxygens (including phenoxy) is 1. The molecule has 0 fully saturated rings. The molecule has 1 aromatic carbocycles. The molecule has 2 heterocycles. The molecular weight excluding hydrogens is 437 g/mol. The van der Waals surface area contributed by atoms with Crippen LogP contribution >= 0.6 is 38.5 Å². The van der Waals surface area contributed by atoms with Crippen LogP contribution in [0.4, 0.5) is 0 Å². The molecule has 0 N–H and O–H groups in total. The number of hydrogen-bond donors (Lipinski definition) is 0. The minimum Gasteiger partial charge on any atom is -0.451 e. The van der Waals surface area contributed by atoms with Gasteiger partial charge in [0.2, 0.25) is 5.90 Å². The number of hydrogen-bond acceptors (Lipinski definition) is 4. The van der Waals surface area contributed by atoms with Crippen LogP contribution in [0.2, 0.25) is 0 Å². The van der Waals surface area contributed by atoms with Gasteiger partial charge in [-0.1, -0.05) is 12.1 Å². The van der Waals surface area contributed by atoms with Crippen molar-refractivity contribution in [3.63, 3.8) is 0 Å². The number of esters is 1. The minimum absolute atomic E-state index is 0.224. The lowest BCUT2D eigenvalue weighted by Crippen LogP contribution is -2.05. The number of furan rings is 1. The van der Waals surface area contributed by atoms with Crippen molar-refractivity contribution in [2.75, 3.05) is 0 Å². The Bertz CT molecular complexity index is 748. The fourth-order valence-electron chi connectivity index (χ4n) is 1.70. The maximum absolute atomic E-state index is 11.8. The summed E-state index contributed by atoms with van der Waals surface area (Å²) in [5.41, 5.74) is 0.958. The second kappa shape index (κ2) is 5.53. The molecule has 0 bridgehead atoms. The molecule has 0 amide bonds. The van der Waals surface area contributed by atoms with Gasteiger partial charge in [0.15, 0.2) is 9.46 Å². The van der Waals surface area contributed by atoms with E-state index in [-0.39, 0.29) is 11.6 Å². The highest BCUT2D eigenvalue weighted by Crippen LogP contribution is 2.24. The Morgan fingerprint density at radius 2 is 2.00 bits per heavy atom. The standard InChI is InChI=1S/C14H7BrINO3/c15-10-4-2-1-3-9(10)13-17-11(14(18)20-13)7-8-5-6-12(16)19-8/h1-7H/b11-7-. The first kappa shape index (κ1) is 13.6. The summed E-state index contributed by atoms with van der Waals surface area (Å²) in [5, 5.41) is 0. The molecule has 0 saturated carbocycles. The van der Waals surface area contributed by atoms with Gasteiger partial charge in [-0.05, 0) is 62.8 Å². The Hall–Kier alpha value is -1.41. The van der Waals surface area contributed by atoms with Gasteiger partial charge in [0, 0.05) is 10.5 Å². The molecule has 20 heavy (non-hydrogen) atoms. The summed E-state index contributed by atoms with van der Waals surface area (Å²) in [6, 6.07) is 11.0. The van der Waals surface area contributed by atoms with E-state index in [0.29, 0.717) is 5.76 Å². The van der Waals surface area contributed by atoms with Crippen molar-refractivity contribution >= 4 is 56.5 Å². The largest absolute Gasteiger partial charge is 0.451 e. The van der Waals surface area contributed by atoms with Gasteiger partial charge in [-0.3, -0.25) is 0 Å². The van der Waals surface area contributed by atoms with Crippen molar-refractivity contribution in [2.24, 2.45) is 4.99 Å². The molecule has 4 nitrogen and oxygen atoms in total. The maximum atomic E-state index is 11.8. The van der Waals surface area contributed by atoms with Crippen molar-refractivity contribution in [1.82, 2.24) is 0 Å². The van der Waals surface area contributed by atoms with E-state index in [1.54, 1.807) is 12.1 Å². The number of cyclic esters (lactones) is 1. The zero-order valence-corrected chi connectivity index (χ0v) is 13.7. The van der Waals surface area contributed by atoms with Crippen LogP contribution < -0.4 is 0 Å². The Morgan fingerprint density at radius 1 is 1.20 bits per heavy atom. The van der Waals surface area contributed by atoms with Crippen molar-refractivity contribution in [2.45, 2.75) is 0 Å². The first-order chi connectivity index (χ1) is 9.63. The van der Waals surface area contributed by atoms with E-state index in [1.165, 1.54) is 0 Å². The van der Waals surface area contributed by atoms with Crippen LogP contribution in [0.5, 0.6) is 0 Å². The smallest absolute Gasteiger partial charge is 0.363 e. The molecule has 0 unspecified atom stereocenters. The van der Waals surface area contributed by atoms with E-state index < -0.39 is 5.97 Å². The molecule has 3 rings (SSSR count). The van der Waals surface area contributed by atoms with Crippen molar-refractivity contribution in [3.05, 3.63) is 61.7 Å². The Balaban J connectivity index is 1.97. The Morgan fingerprint density at radius 3 is 2.70 bits per heavy atom. The number of rotatable bonds is 2. The third-order valence-electron chi connectivity index (χ3n) is 2.60. The third-order valence-corrected chi connectivity index (χ3v) is 3.87. The van der Waals surface area contributed by atoms with Gasteiger partial charge in [0.1, 0.15) is 5.76 Å². The molecule has 0 spiro atoms. The summed E-state index contributed by atoms with van der Waals surface area (Å²) >= 11 is 5.46. The number of nitrogens with zero attached hydrogens (tertiary/aromatic N) is 1. The second-order valence-electron chi connectivity index (χ2n) is 3.96. The van der Waals surface area contributed by atoms with Crippen LogP contribution in [-0.2, 0) is 9.53 Å². The molecule has 0 saturated heterocycles. The number of carbonyl (C=O) groups excluding carboxylic acids is 1. The van der Waals surface area contributed by atoms with Crippen LogP contribution in [0.25, 0.3) is 6.08 Å². The molecule has 1 aliphatic heterocycles. The van der Waals surface area contributed by atoms with Crippen molar-refractivity contribution in [1.29, 1.82) is 0 Å². The number of carbonyl (C=O) groups is 1. The number of benzene rings is 1. The summed E-state index contributed by atoms with van der Waals surface area (Å²) < 4.78 is 12.1. The quantitative estimate of drug-likeness (QED) is 0.400. The van der Waals surface area contributed by atoms with Gasteiger partial charge in [-0.15, -0.1) is 0 Å². The van der Waals surface area contributed by atoms with Gasteiger partial charge < -0.3 is 9.15 Å². The van der Waals surface area contributed by atoms with Crippen LogP contribution in [0, 0.1) is 3.77 Å². The van der Waals surface area contributed by atoms with Gasteiger partial charge in [-0.2, -0.15) is 0 Å². The molecule has 0 atom stereocenters.